The Morgan fingerprint density at radius 3 is 2.73 bits per heavy atom. The summed E-state index contributed by atoms with van der Waals surface area (Å²) in [7, 11) is 1.68. The van der Waals surface area contributed by atoms with Gasteiger partial charge in [0.05, 0.1) is 0 Å². The number of aliphatic hydroxyl groups excluding tert-OH is 1. The molecule has 0 aliphatic heterocycles. The number of nitrogens with zero attached hydrogens (tertiary/aromatic N) is 3. The monoisotopic (exact) mass is 263 g/mol. The van der Waals surface area contributed by atoms with Crippen molar-refractivity contribution in [3.63, 3.8) is 0 Å². The topological polar surface area (TPSA) is 50.9 Å². The smallest absolute Gasteiger partial charge is 0.161 e. The maximum atomic E-state index is 9.17. The molecule has 1 N–H and O–H groups in total. The van der Waals surface area contributed by atoms with Crippen LogP contribution in [0.2, 0.25) is 0 Å². The highest BCUT2D eigenvalue weighted by molar-refractivity contribution is 14.1. The SMILES string of the molecule is C#CC(O)c1nn(C)nc1I. The molecule has 0 aromatic carbocycles. The van der Waals surface area contributed by atoms with Crippen molar-refractivity contribution in [2.75, 3.05) is 0 Å². The molecule has 1 rings (SSSR count). The molecule has 1 atom stereocenters. The lowest BCUT2D eigenvalue weighted by Gasteiger charge is -1.95. The minimum Gasteiger partial charge on any atom is -0.374 e. The first kappa shape index (κ1) is 8.49. The maximum absolute atomic E-state index is 9.17. The molecule has 0 aliphatic carbocycles. The van der Waals surface area contributed by atoms with Gasteiger partial charge in [-0.15, -0.1) is 11.5 Å². The largest absolute Gasteiger partial charge is 0.374 e. The first-order valence-electron chi connectivity index (χ1n) is 2.86. The molecule has 58 valence electrons. The van der Waals surface area contributed by atoms with Crippen molar-refractivity contribution in [3.05, 3.63) is 9.39 Å². The van der Waals surface area contributed by atoms with Gasteiger partial charge in [0.25, 0.3) is 0 Å². The van der Waals surface area contributed by atoms with Crippen molar-refractivity contribution in [3.8, 4) is 12.3 Å². The highest BCUT2D eigenvalue weighted by Crippen LogP contribution is 2.13. The van der Waals surface area contributed by atoms with Crippen LogP contribution in [-0.4, -0.2) is 20.1 Å². The van der Waals surface area contributed by atoms with E-state index in [4.69, 9.17) is 11.5 Å². The minimum absolute atomic E-state index is 0.440. The molecule has 4 nitrogen and oxygen atoms in total. The molecular weight excluding hydrogens is 257 g/mol. The van der Waals surface area contributed by atoms with Crippen molar-refractivity contribution in [1.82, 2.24) is 15.0 Å². The lowest BCUT2D eigenvalue weighted by atomic mass is 10.3. The summed E-state index contributed by atoms with van der Waals surface area (Å²) in [6, 6.07) is 0. The van der Waals surface area contributed by atoms with Crippen LogP contribution in [0.1, 0.15) is 11.8 Å². The summed E-state index contributed by atoms with van der Waals surface area (Å²) < 4.78 is 0.635. The Bertz CT molecular complexity index is 301. The van der Waals surface area contributed by atoms with E-state index in [1.54, 1.807) is 7.05 Å². The van der Waals surface area contributed by atoms with Gasteiger partial charge in [-0.2, -0.15) is 9.90 Å². The Morgan fingerprint density at radius 1 is 1.73 bits per heavy atom. The number of rotatable bonds is 1. The van der Waals surface area contributed by atoms with E-state index in [0.717, 1.165) is 0 Å². The fourth-order valence-electron chi connectivity index (χ4n) is 0.644. The van der Waals surface area contributed by atoms with Crippen LogP contribution in [0, 0.1) is 16.0 Å². The molecule has 1 aromatic heterocycles. The van der Waals surface area contributed by atoms with Crippen molar-refractivity contribution in [2.24, 2.45) is 7.05 Å². The summed E-state index contributed by atoms with van der Waals surface area (Å²) in [6.07, 6.45) is 4.05. The van der Waals surface area contributed by atoms with Gasteiger partial charge in [-0.3, -0.25) is 0 Å². The van der Waals surface area contributed by atoms with Gasteiger partial charge in [0, 0.05) is 7.05 Å². The summed E-state index contributed by atoms with van der Waals surface area (Å²) in [5.41, 5.74) is 0.440. The summed E-state index contributed by atoms with van der Waals surface area (Å²) >= 11 is 1.97. The molecule has 1 unspecified atom stereocenters. The summed E-state index contributed by atoms with van der Waals surface area (Å²) in [4.78, 5) is 1.37. The molecular formula is C6H6IN3O. The van der Waals surface area contributed by atoms with E-state index in [1.807, 2.05) is 22.6 Å². The summed E-state index contributed by atoms with van der Waals surface area (Å²) in [5.74, 6) is 2.17. The molecule has 0 saturated heterocycles. The molecule has 0 radical (unpaired) electrons. The van der Waals surface area contributed by atoms with Crippen LogP contribution in [-0.2, 0) is 7.05 Å². The molecule has 1 heterocycles. The molecule has 0 spiro atoms. The third kappa shape index (κ3) is 1.70. The third-order valence-electron chi connectivity index (χ3n) is 1.11. The highest BCUT2D eigenvalue weighted by Gasteiger charge is 2.13. The van der Waals surface area contributed by atoms with Crippen LogP contribution in [0.4, 0.5) is 0 Å². The number of terminal acetylenes is 1. The van der Waals surface area contributed by atoms with Gasteiger partial charge in [0.2, 0.25) is 0 Å². The maximum Gasteiger partial charge on any atom is 0.161 e. The summed E-state index contributed by atoms with van der Waals surface area (Å²) in [6.45, 7) is 0. The van der Waals surface area contributed by atoms with Crippen molar-refractivity contribution in [1.29, 1.82) is 0 Å². The lowest BCUT2D eigenvalue weighted by Crippen LogP contribution is -1.97. The Kier molecular flexibility index (Phi) is 2.46. The molecule has 0 bridgehead atoms. The second kappa shape index (κ2) is 3.19. The Balaban J connectivity index is 3.05. The number of hydrogen-bond acceptors (Lipinski definition) is 3. The Labute approximate surface area is 77.7 Å². The lowest BCUT2D eigenvalue weighted by molar-refractivity contribution is 0.231. The second-order valence-corrected chi connectivity index (χ2v) is 2.96. The number of aliphatic hydroxyl groups is 1. The van der Waals surface area contributed by atoms with E-state index in [2.05, 4.69) is 16.1 Å². The molecule has 0 aliphatic rings. The van der Waals surface area contributed by atoms with Crippen molar-refractivity contribution in [2.45, 2.75) is 6.10 Å². The van der Waals surface area contributed by atoms with Crippen LogP contribution < -0.4 is 0 Å². The molecule has 1 aromatic rings. The zero-order valence-corrected chi connectivity index (χ0v) is 7.98. The normalized spacial score (nSPS) is 12.5. The zero-order chi connectivity index (χ0) is 8.43. The molecule has 0 saturated carbocycles. The van der Waals surface area contributed by atoms with Gasteiger partial charge in [0.15, 0.2) is 6.10 Å². The fraction of sp³-hybridized carbons (Fsp3) is 0.333. The van der Waals surface area contributed by atoms with Gasteiger partial charge in [-0.05, 0) is 22.6 Å². The van der Waals surface area contributed by atoms with Crippen molar-refractivity contribution >= 4 is 22.6 Å². The third-order valence-corrected chi connectivity index (χ3v) is 1.88. The fourth-order valence-corrected chi connectivity index (χ4v) is 1.36. The van der Waals surface area contributed by atoms with Crippen LogP contribution in [0.25, 0.3) is 0 Å². The number of hydrogen-bond donors (Lipinski definition) is 1. The average Bonchev–Trinajstić information content (AvgIpc) is 2.28. The van der Waals surface area contributed by atoms with Crippen molar-refractivity contribution < 1.29 is 5.11 Å². The second-order valence-electron chi connectivity index (χ2n) is 1.93. The zero-order valence-electron chi connectivity index (χ0n) is 5.82. The first-order valence-corrected chi connectivity index (χ1v) is 3.94. The van der Waals surface area contributed by atoms with Crippen LogP contribution in [0.5, 0.6) is 0 Å². The van der Waals surface area contributed by atoms with Gasteiger partial charge in [0.1, 0.15) is 9.39 Å². The molecule has 11 heavy (non-hydrogen) atoms. The summed E-state index contributed by atoms with van der Waals surface area (Å²) in [5, 5.41) is 17.0. The van der Waals surface area contributed by atoms with Gasteiger partial charge in [-0.1, -0.05) is 5.92 Å². The van der Waals surface area contributed by atoms with Gasteiger partial charge >= 0.3 is 0 Å². The van der Waals surface area contributed by atoms with E-state index in [-0.39, 0.29) is 0 Å². The van der Waals surface area contributed by atoms with Crippen LogP contribution in [0.3, 0.4) is 0 Å². The van der Waals surface area contributed by atoms with E-state index in [1.165, 1.54) is 4.80 Å². The Hall–Kier alpha value is -0.610. The first-order chi connectivity index (χ1) is 5.15. The van der Waals surface area contributed by atoms with E-state index in [0.29, 0.717) is 9.39 Å². The number of aryl methyl sites for hydroxylation is 1. The van der Waals surface area contributed by atoms with Crippen LogP contribution >= 0.6 is 22.6 Å². The van der Waals surface area contributed by atoms with Gasteiger partial charge < -0.3 is 5.11 Å². The molecule has 0 amide bonds. The van der Waals surface area contributed by atoms with Crippen LogP contribution in [0.15, 0.2) is 0 Å². The quantitative estimate of drug-likeness (QED) is 0.577. The molecule has 5 heteroatoms. The minimum atomic E-state index is -0.949. The number of aromatic nitrogens is 3. The average molecular weight is 263 g/mol. The van der Waals surface area contributed by atoms with E-state index in [9.17, 15) is 0 Å². The standard InChI is InChI=1S/C6H6IN3O/c1-3-4(11)5-6(7)9-10(2)8-5/h1,4,11H,2H3. The van der Waals surface area contributed by atoms with E-state index >= 15 is 0 Å². The van der Waals surface area contributed by atoms with Gasteiger partial charge in [-0.25, -0.2) is 0 Å². The van der Waals surface area contributed by atoms with E-state index < -0.39 is 6.10 Å². The highest BCUT2D eigenvalue weighted by atomic mass is 127. The molecule has 0 fully saturated rings. The number of halogens is 1. The predicted octanol–water partition coefficient (Wildman–Crippen LogP) is 0.0863. The Morgan fingerprint density at radius 2 is 2.36 bits per heavy atom. The predicted molar refractivity (Wildman–Crippen MR) is 47.5 cm³/mol.